The topological polar surface area (TPSA) is 59.3 Å². The Labute approximate surface area is 144 Å². The maximum absolute atomic E-state index is 11.8. The predicted molar refractivity (Wildman–Crippen MR) is 87.1 cm³/mol. The second-order valence-electron chi connectivity index (χ2n) is 3.86. The number of benzene rings is 1. The first-order valence-corrected chi connectivity index (χ1v) is 7.55. The van der Waals surface area contributed by atoms with Crippen LogP contribution in [-0.2, 0) is 11.3 Å². The van der Waals surface area contributed by atoms with Crippen molar-refractivity contribution in [2.45, 2.75) is 6.54 Å². The molecule has 110 valence electrons. The smallest absolute Gasteiger partial charge is 0.260 e. The normalized spacial score (nSPS) is 11.0. The van der Waals surface area contributed by atoms with Gasteiger partial charge in [0.25, 0.3) is 5.91 Å². The van der Waals surface area contributed by atoms with Gasteiger partial charge in [-0.15, -0.1) is 0 Å². The number of nitrogens with one attached hydrogen (secondary N) is 1. The number of rotatable bonds is 4. The summed E-state index contributed by atoms with van der Waals surface area (Å²) in [5.74, 6) is -0.380. The van der Waals surface area contributed by atoms with Gasteiger partial charge in [-0.3, -0.25) is 9.36 Å². The average molecular weight is 410 g/mol. The van der Waals surface area contributed by atoms with Gasteiger partial charge in [-0.05, 0) is 22.0 Å². The van der Waals surface area contributed by atoms with E-state index in [2.05, 4.69) is 31.4 Å². The van der Waals surface area contributed by atoms with E-state index in [1.807, 2.05) is 6.07 Å². The van der Waals surface area contributed by atoms with E-state index < -0.39 is 0 Å². The lowest BCUT2D eigenvalue weighted by Crippen LogP contribution is -2.23. The second kappa shape index (κ2) is 7.26. The minimum Gasteiger partial charge on any atom is -0.299 e. The highest BCUT2D eigenvalue weighted by molar-refractivity contribution is 9.10. The van der Waals surface area contributed by atoms with Crippen molar-refractivity contribution in [2.24, 2.45) is 5.10 Å². The van der Waals surface area contributed by atoms with Crippen molar-refractivity contribution >= 4 is 62.9 Å². The number of carbonyl (C=O) groups excluding carboxylic acids is 1. The molecule has 0 aliphatic heterocycles. The molecule has 0 saturated carbocycles. The molecule has 0 saturated heterocycles. The van der Waals surface area contributed by atoms with E-state index in [4.69, 9.17) is 34.8 Å². The Morgan fingerprint density at radius 1 is 1.38 bits per heavy atom. The fourth-order valence-electron chi connectivity index (χ4n) is 1.45. The van der Waals surface area contributed by atoms with Gasteiger partial charge in [0.2, 0.25) is 0 Å². The van der Waals surface area contributed by atoms with Crippen LogP contribution in [0.1, 0.15) is 5.56 Å². The zero-order valence-corrected chi connectivity index (χ0v) is 14.2. The third-order valence-corrected chi connectivity index (χ3v) is 4.11. The number of halogens is 4. The van der Waals surface area contributed by atoms with E-state index in [9.17, 15) is 4.79 Å². The third-order valence-electron chi connectivity index (χ3n) is 2.42. The first-order chi connectivity index (χ1) is 9.99. The highest BCUT2D eigenvalue weighted by Gasteiger charge is 2.14. The zero-order valence-electron chi connectivity index (χ0n) is 10.4. The van der Waals surface area contributed by atoms with Crippen molar-refractivity contribution < 1.29 is 4.79 Å². The molecule has 1 amide bonds. The van der Waals surface area contributed by atoms with Crippen molar-refractivity contribution in [1.29, 1.82) is 0 Å². The van der Waals surface area contributed by atoms with E-state index in [0.29, 0.717) is 15.3 Å². The van der Waals surface area contributed by atoms with Crippen LogP contribution in [0.15, 0.2) is 34.1 Å². The molecule has 1 heterocycles. The van der Waals surface area contributed by atoms with Crippen LogP contribution in [0.4, 0.5) is 0 Å². The van der Waals surface area contributed by atoms with E-state index in [1.54, 1.807) is 18.2 Å². The van der Waals surface area contributed by atoms with Gasteiger partial charge < -0.3 is 0 Å². The Morgan fingerprint density at radius 2 is 2.10 bits per heavy atom. The van der Waals surface area contributed by atoms with E-state index in [1.165, 1.54) is 10.8 Å². The van der Waals surface area contributed by atoms with Crippen molar-refractivity contribution in [1.82, 2.24) is 15.0 Å². The molecular formula is C12H8BrCl3N4O. The number of nitrogens with zero attached hydrogens (tertiary/aromatic N) is 3. The van der Waals surface area contributed by atoms with Crippen LogP contribution in [-0.4, -0.2) is 21.7 Å². The first kappa shape index (κ1) is 16.3. The summed E-state index contributed by atoms with van der Waals surface area (Å²) in [6.45, 7) is -0.0704. The Bertz CT molecular complexity index is 702. The van der Waals surface area contributed by atoms with E-state index in [-0.39, 0.29) is 22.8 Å². The van der Waals surface area contributed by atoms with Crippen molar-refractivity contribution in [3.05, 3.63) is 49.9 Å². The number of hydrazone groups is 1. The lowest BCUT2D eigenvalue weighted by molar-refractivity contribution is -0.121. The fraction of sp³-hybridized carbons (Fsp3) is 0.0833. The molecule has 0 spiro atoms. The molecule has 1 aromatic carbocycles. The fourth-order valence-corrected chi connectivity index (χ4v) is 2.68. The minimum atomic E-state index is -0.380. The minimum absolute atomic E-state index is 0.0704. The third kappa shape index (κ3) is 4.20. The van der Waals surface area contributed by atoms with Crippen molar-refractivity contribution in [3.63, 3.8) is 0 Å². The summed E-state index contributed by atoms with van der Waals surface area (Å²) in [4.78, 5) is 15.7. The second-order valence-corrected chi connectivity index (χ2v) is 5.70. The Hall–Kier alpha value is -1.08. The molecule has 0 bridgehead atoms. The highest BCUT2D eigenvalue weighted by atomic mass is 79.9. The Kier molecular flexibility index (Phi) is 5.64. The Balaban J connectivity index is 1.98. The molecule has 1 N–H and O–H groups in total. The van der Waals surface area contributed by atoms with Gasteiger partial charge in [0, 0.05) is 10.6 Å². The zero-order chi connectivity index (χ0) is 15.4. The van der Waals surface area contributed by atoms with Crippen LogP contribution < -0.4 is 5.43 Å². The van der Waals surface area contributed by atoms with Gasteiger partial charge in [0.1, 0.15) is 11.7 Å². The molecule has 0 unspecified atom stereocenters. The van der Waals surface area contributed by atoms with E-state index >= 15 is 0 Å². The van der Waals surface area contributed by atoms with Crippen LogP contribution in [0.5, 0.6) is 0 Å². The molecule has 0 aliphatic rings. The molecule has 5 nitrogen and oxygen atoms in total. The lowest BCUT2D eigenvalue weighted by Gasteiger charge is -2.04. The lowest BCUT2D eigenvalue weighted by atomic mass is 10.2. The highest BCUT2D eigenvalue weighted by Crippen LogP contribution is 2.25. The standard InChI is InChI=1S/C12H8BrCl3N4O/c13-12-18-10(15)11(16)20(12)6-9(21)19-17-5-7-3-1-2-4-8(7)14/h1-5H,6H2,(H,19,21)/b17-5-. The molecule has 21 heavy (non-hydrogen) atoms. The molecule has 0 aliphatic carbocycles. The predicted octanol–water partition coefficient (Wildman–Crippen LogP) is 3.76. The van der Waals surface area contributed by atoms with Gasteiger partial charge in [0.15, 0.2) is 9.89 Å². The molecule has 1 aromatic heterocycles. The summed E-state index contributed by atoms with van der Waals surface area (Å²) in [7, 11) is 0. The summed E-state index contributed by atoms with van der Waals surface area (Å²) >= 11 is 20.8. The molecule has 0 atom stereocenters. The molecule has 0 fully saturated rings. The van der Waals surface area contributed by atoms with Crippen LogP contribution in [0.2, 0.25) is 15.3 Å². The number of hydrogen-bond donors (Lipinski definition) is 1. The largest absolute Gasteiger partial charge is 0.299 e. The van der Waals surface area contributed by atoms with E-state index in [0.717, 1.165) is 0 Å². The number of imidazole rings is 1. The Morgan fingerprint density at radius 3 is 2.71 bits per heavy atom. The van der Waals surface area contributed by atoms with Gasteiger partial charge in [-0.25, -0.2) is 10.4 Å². The monoisotopic (exact) mass is 408 g/mol. The maximum Gasteiger partial charge on any atom is 0.260 e. The SMILES string of the molecule is O=C(Cn1c(Br)nc(Cl)c1Cl)N/N=C\c1ccccc1Cl. The number of hydrogen-bond acceptors (Lipinski definition) is 3. The van der Waals surface area contributed by atoms with Gasteiger partial charge >= 0.3 is 0 Å². The summed E-state index contributed by atoms with van der Waals surface area (Å²) in [5.41, 5.74) is 3.07. The summed E-state index contributed by atoms with van der Waals surface area (Å²) < 4.78 is 1.77. The van der Waals surface area contributed by atoms with Crippen LogP contribution in [0, 0.1) is 0 Å². The molecule has 2 rings (SSSR count). The quantitative estimate of drug-likeness (QED) is 0.616. The number of carbonyl (C=O) groups is 1. The summed E-state index contributed by atoms with van der Waals surface area (Å²) in [6.07, 6.45) is 1.46. The number of amides is 1. The summed E-state index contributed by atoms with van der Waals surface area (Å²) in [6, 6.07) is 7.14. The molecule has 2 aromatic rings. The summed E-state index contributed by atoms with van der Waals surface area (Å²) in [5, 5.41) is 4.67. The van der Waals surface area contributed by atoms with Crippen molar-refractivity contribution in [3.8, 4) is 0 Å². The first-order valence-electron chi connectivity index (χ1n) is 5.62. The molecule has 0 radical (unpaired) electrons. The average Bonchev–Trinajstić information content (AvgIpc) is 2.68. The van der Waals surface area contributed by atoms with Gasteiger partial charge in [-0.2, -0.15) is 5.10 Å². The number of aromatic nitrogens is 2. The maximum atomic E-state index is 11.8. The van der Waals surface area contributed by atoms with Crippen LogP contribution in [0.25, 0.3) is 0 Å². The van der Waals surface area contributed by atoms with Crippen LogP contribution in [0.3, 0.4) is 0 Å². The van der Waals surface area contributed by atoms with Gasteiger partial charge in [-0.1, -0.05) is 53.0 Å². The van der Waals surface area contributed by atoms with Crippen LogP contribution >= 0.6 is 50.7 Å². The molecular weight excluding hydrogens is 402 g/mol. The van der Waals surface area contributed by atoms with Gasteiger partial charge in [0.05, 0.1) is 6.21 Å². The van der Waals surface area contributed by atoms with Crippen molar-refractivity contribution in [2.75, 3.05) is 0 Å². The molecule has 9 heteroatoms.